The fourth-order valence-corrected chi connectivity index (χ4v) is 1.49. The van der Waals surface area contributed by atoms with Crippen molar-refractivity contribution in [1.29, 1.82) is 0 Å². The van der Waals surface area contributed by atoms with Gasteiger partial charge in [-0.05, 0) is 0 Å². The van der Waals surface area contributed by atoms with E-state index in [0.29, 0.717) is 0 Å². The Balaban J connectivity index is -0.0000000973. The first-order valence-electron chi connectivity index (χ1n) is 5.99. The minimum absolute atomic E-state index is 0. The summed E-state index contributed by atoms with van der Waals surface area (Å²) in [7, 11) is 0. The summed E-state index contributed by atoms with van der Waals surface area (Å²) in [6, 6.07) is 19.9. The maximum absolute atomic E-state index is 4.44. The number of rotatable bonds is 2. The average Bonchev–Trinajstić information content (AvgIpc) is 3.00. The molecule has 0 bridgehead atoms. The Morgan fingerprint density at radius 1 is 0.667 bits per heavy atom. The summed E-state index contributed by atoms with van der Waals surface area (Å²) in [6.45, 7) is 0. The van der Waals surface area contributed by atoms with Crippen LogP contribution in [0.15, 0.2) is 78.9 Å². The van der Waals surface area contributed by atoms with Crippen LogP contribution in [0.5, 0.6) is 0 Å². The number of allylic oxidation sites excluding steroid dienone is 4. The zero-order chi connectivity index (χ0) is 12.5. The van der Waals surface area contributed by atoms with Gasteiger partial charge in [0.1, 0.15) is 0 Å². The van der Waals surface area contributed by atoms with Crippen molar-refractivity contribution in [2.45, 2.75) is 6.42 Å². The first-order chi connectivity index (χ1) is 8.95. The molecule has 0 radical (unpaired) electrons. The van der Waals surface area contributed by atoms with Crippen molar-refractivity contribution >= 4 is 11.4 Å². The second kappa shape index (κ2) is 21.4. The van der Waals surface area contributed by atoms with Gasteiger partial charge in [0, 0.05) is 21.7 Å². The SMILES string of the molecule is [C-]1=CC=CC1.[CH3-].[CH3-].[CH3-].[CH3-].[CH3-].[Ti].c1ccc([N-]c2ccccc2)cc1. The second-order valence-corrected chi connectivity index (χ2v) is 3.79. The molecule has 2 aromatic rings. The summed E-state index contributed by atoms with van der Waals surface area (Å²) in [5.74, 6) is 0. The van der Waals surface area contributed by atoms with Gasteiger partial charge in [-0.2, -0.15) is 6.08 Å². The van der Waals surface area contributed by atoms with Crippen molar-refractivity contribution in [2.75, 3.05) is 0 Å². The molecule has 2 heteroatoms. The standard InChI is InChI=1S/C12H10N.C5H5.5CH3.Ti/c1-3-7-11(8-4-1)13-12-9-5-2-6-10-12;1-2-4-5-3-1;;;;;;/h1-10H;1-3H,4H2;5*1H3;/q7*-1;. The quantitative estimate of drug-likeness (QED) is 0.389. The Hall–Kier alpha value is -1.57. The summed E-state index contributed by atoms with van der Waals surface area (Å²) in [5, 5.41) is 4.44. The fraction of sp³-hybridized carbons (Fsp3) is 0.0455. The summed E-state index contributed by atoms with van der Waals surface area (Å²) in [6.07, 6.45) is 10.0. The van der Waals surface area contributed by atoms with Crippen LogP contribution in [0.25, 0.3) is 5.32 Å². The first kappa shape index (κ1) is 33.9. The van der Waals surface area contributed by atoms with Gasteiger partial charge >= 0.3 is 0 Å². The monoisotopic (exact) mass is 356 g/mol. The smallest absolute Gasteiger partial charge is 0 e. The molecule has 24 heavy (non-hydrogen) atoms. The van der Waals surface area contributed by atoms with Gasteiger partial charge in [-0.15, -0.1) is 17.8 Å². The Kier molecular flexibility index (Phi) is 30.3. The van der Waals surface area contributed by atoms with Crippen molar-refractivity contribution in [3.63, 3.8) is 0 Å². The molecule has 0 saturated carbocycles. The van der Waals surface area contributed by atoms with E-state index in [2.05, 4.69) is 17.5 Å². The molecule has 134 valence electrons. The largest absolute Gasteiger partial charge is 0.658 e. The summed E-state index contributed by atoms with van der Waals surface area (Å²) in [5.41, 5.74) is 1.99. The Morgan fingerprint density at radius 2 is 1.08 bits per heavy atom. The summed E-state index contributed by atoms with van der Waals surface area (Å²) in [4.78, 5) is 0. The Bertz CT molecular complexity index is 457. The topological polar surface area (TPSA) is 14.1 Å². The molecular weight excluding hydrogens is 326 g/mol. The third kappa shape index (κ3) is 14.1. The Morgan fingerprint density at radius 3 is 1.33 bits per heavy atom. The van der Waals surface area contributed by atoms with Crippen molar-refractivity contribution in [3.05, 3.63) is 127 Å². The molecule has 0 heterocycles. The maximum atomic E-state index is 4.44. The molecule has 0 saturated heterocycles. The predicted molar refractivity (Wildman–Crippen MR) is 109 cm³/mol. The number of nitrogens with zero attached hydrogens (tertiary/aromatic N) is 1. The van der Waals surface area contributed by atoms with E-state index < -0.39 is 0 Å². The molecule has 3 rings (SSSR count). The molecule has 1 aliphatic carbocycles. The minimum Gasteiger partial charge on any atom is -0.658 e. The van der Waals surface area contributed by atoms with E-state index in [0.717, 1.165) is 17.8 Å². The molecule has 0 aromatic heterocycles. The fourth-order valence-electron chi connectivity index (χ4n) is 1.49. The van der Waals surface area contributed by atoms with Gasteiger partial charge in [0.15, 0.2) is 0 Å². The molecule has 0 N–H and O–H groups in total. The normalized spacial score (nSPS) is 8.83. The molecule has 0 atom stereocenters. The molecule has 0 aliphatic heterocycles. The van der Waals surface area contributed by atoms with Crippen LogP contribution in [0.4, 0.5) is 11.4 Å². The second-order valence-electron chi connectivity index (χ2n) is 3.79. The molecular formula is C22H30NTi-7. The minimum atomic E-state index is 0. The van der Waals surface area contributed by atoms with E-state index in [1.807, 2.05) is 72.8 Å². The van der Waals surface area contributed by atoms with Gasteiger partial charge in [-0.1, -0.05) is 60.7 Å². The summed E-state index contributed by atoms with van der Waals surface area (Å²) >= 11 is 0. The Labute approximate surface area is 166 Å². The van der Waals surface area contributed by atoms with Crippen molar-refractivity contribution < 1.29 is 21.7 Å². The van der Waals surface area contributed by atoms with Gasteiger partial charge in [-0.25, -0.2) is 12.2 Å². The number of hydrogen-bond donors (Lipinski definition) is 0. The van der Waals surface area contributed by atoms with E-state index in [9.17, 15) is 0 Å². The van der Waals surface area contributed by atoms with E-state index in [4.69, 9.17) is 0 Å². The zero-order valence-electron chi connectivity index (χ0n) is 15.7. The van der Waals surface area contributed by atoms with Gasteiger partial charge < -0.3 is 42.5 Å². The van der Waals surface area contributed by atoms with Gasteiger partial charge in [0.05, 0.1) is 0 Å². The molecule has 2 aromatic carbocycles. The molecule has 0 amide bonds. The van der Waals surface area contributed by atoms with E-state index in [1.165, 1.54) is 0 Å². The summed E-state index contributed by atoms with van der Waals surface area (Å²) < 4.78 is 0. The third-order valence-corrected chi connectivity index (χ3v) is 2.36. The van der Waals surface area contributed by atoms with Crippen molar-refractivity contribution in [1.82, 2.24) is 0 Å². The van der Waals surface area contributed by atoms with Crippen molar-refractivity contribution in [3.8, 4) is 0 Å². The first-order valence-corrected chi connectivity index (χ1v) is 5.99. The van der Waals surface area contributed by atoms with Crippen LogP contribution in [0.2, 0.25) is 0 Å². The van der Waals surface area contributed by atoms with Gasteiger partial charge in [0.25, 0.3) is 0 Å². The third-order valence-electron chi connectivity index (χ3n) is 2.36. The average molecular weight is 356 g/mol. The zero-order valence-corrected chi connectivity index (χ0v) is 17.2. The molecule has 1 nitrogen and oxygen atoms in total. The van der Waals surface area contributed by atoms with E-state index in [-0.39, 0.29) is 58.9 Å². The predicted octanol–water partition coefficient (Wildman–Crippen LogP) is 7.58. The molecule has 0 spiro atoms. The molecule has 0 fully saturated rings. The van der Waals surface area contributed by atoms with E-state index in [1.54, 1.807) is 0 Å². The van der Waals surface area contributed by atoms with Crippen LogP contribution in [-0.4, -0.2) is 0 Å². The van der Waals surface area contributed by atoms with Crippen LogP contribution >= 0.6 is 0 Å². The van der Waals surface area contributed by atoms with Gasteiger partial charge in [0.2, 0.25) is 0 Å². The maximum Gasteiger partial charge on any atom is 0 e. The molecule has 1 aliphatic rings. The van der Waals surface area contributed by atoms with Crippen LogP contribution < -0.4 is 0 Å². The van der Waals surface area contributed by atoms with Crippen LogP contribution in [0.3, 0.4) is 0 Å². The molecule has 0 unspecified atom stereocenters. The van der Waals surface area contributed by atoms with Crippen LogP contribution in [-0.2, 0) is 21.7 Å². The van der Waals surface area contributed by atoms with E-state index >= 15 is 0 Å². The van der Waals surface area contributed by atoms with Crippen LogP contribution in [0, 0.1) is 43.2 Å². The number of para-hydroxylation sites is 2. The van der Waals surface area contributed by atoms with Gasteiger partial charge in [-0.3, -0.25) is 6.08 Å². The van der Waals surface area contributed by atoms with Crippen LogP contribution in [0.1, 0.15) is 6.42 Å². The number of benzene rings is 2. The van der Waals surface area contributed by atoms with Crippen molar-refractivity contribution in [2.24, 2.45) is 0 Å². The number of hydrogen-bond acceptors (Lipinski definition) is 0.